The highest BCUT2D eigenvalue weighted by Crippen LogP contribution is 2.17. The summed E-state index contributed by atoms with van der Waals surface area (Å²) >= 11 is 0. The molecule has 1 aliphatic heterocycles. The van der Waals surface area contributed by atoms with Crippen molar-refractivity contribution in [3.05, 3.63) is 23.9 Å². The van der Waals surface area contributed by atoms with Crippen LogP contribution in [0.1, 0.15) is 24.2 Å². The zero-order valence-corrected chi connectivity index (χ0v) is 11.1. The number of nitrogens with two attached hydrogens (primary N) is 1. The van der Waals surface area contributed by atoms with E-state index in [9.17, 15) is 4.79 Å². The highest BCUT2D eigenvalue weighted by molar-refractivity contribution is 5.98. The molecule has 1 saturated heterocycles. The van der Waals surface area contributed by atoms with Crippen molar-refractivity contribution in [2.24, 2.45) is 0 Å². The average Bonchev–Trinajstić information content (AvgIpc) is 2.35. The highest BCUT2D eigenvalue weighted by atomic mass is 16.2. The van der Waals surface area contributed by atoms with Crippen molar-refractivity contribution in [1.82, 2.24) is 14.8 Å². The number of carbonyl (C=O) groups excluding carboxylic acids is 1. The van der Waals surface area contributed by atoms with Crippen molar-refractivity contribution in [1.29, 1.82) is 0 Å². The van der Waals surface area contributed by atoms with Crippen LogP contribution in [0.2, 0.25) is 0 Å². The van der Waals surface area contributed by atoms with Gasteiger partial charge in [-0.2, -0.15) is 0 Å². The molecule has 0 bridgehead atoms. The molecule has 1 aromatic heterocycles. The van der Waals surface area contributed by atoms with Crippen molar-refractivity contribution in [2.45, 2.75) is 25.9 Å². The predicted octanol–water partition coefficient (Wildman–Crippen LogP) is 0.828. The highest BCUT2D eigenvalue weighted by Gasteiger charge is 2.30. The quantitative estimate of drug-likeness (QED) is 0.799. The summed E-state index contributed by atoms with van der Waals surface area (Å²) in [6.45, 7) is 5.72. The molecule has 1 aromatic rings. The topological polar surface area (TPSA) is 62.5 Å². The lowest BCUT2D eigenvalue weighted by Crippen LogP contribution is -2.56. The summed E-state index contributed by atoms with van der Waals surface area (Å²) in [5, 5.41) is 0. The van der Waals surface area contributed by atoms with Crippen molar-refractivity contribution in [2.75, 3.05) is 25.9 Å². The van der Waals surface area contributed by atoms with Crippen LogP contribution in [0.4, 0.5) is 5.82 Å². The molecular weight excluding hydrogens is 228 g/mol. The van der Waals surface area contributed by atoms with Gasteiger partial charge in [-0.25, -0.2) is 4.98 Å². The first kappa shape index (κ1) is 12.8. The van der Waals surface area contributed by atoms with Crippen LogP contribution in [0.3, 0.4) is 0 Å². The summed E-state index contributed by atoms with van der Waals surface area (Å²) in [6.07, 6.45) is 1.60. The lowest BCUT2D eigenvalue weighted by Gasteiger charge is -2.42. The van der Waals surface area contributed by atoms with Gasteiger partial charge in [-0.1, -0.05) is 0 Å². The van der Waals surface area contributed by atoms with Crippen LogP contribution in [0, 0.1) is 0 Å². The van der Waals surface area contributed by atoms with Gasteiger partial charge in [-0.05, 0) is 33.0 Å². The second-order valence-electron chi connectivity index (χ2n) is 5.01. The van der Waals surface area contributed by atoms with Gasteiger partial charge < -0.3 is 10.6 Å². The van der Waals surface area contributed by atoms with E-state index < -0.39 is 0 Å². The van der Waals surface area contributed by atoms with Crippen molar-refractivity contribution < 1.29 is 4.79 Å². The van der Waals surface area contributed by atoms with E-state index in [2.05, 4.69) is 30.8 Å². The fourth-order valence-corrected chi connectivity index (χ4v) is 2.34. The largest absolute Gasteiger partial charge is 0.383 e. The third kappa shape index (κ3) is 2.31. The zero-order chi connectivity index (χ0) is 13.3. The first-order valence-corrected chi connectivity index (χ1v) is 6.22. The molecule has 18 heavy (non-hydrogen) atoms. The number of hydrogen-bond acceptors (Lipinski definition) is 4. The van der Waals surface area contributed by atoms with Gasteiger partial charge in [0.15, 0.2) is 0 Å². The third-order valence-corrected chi connectivity index (χ3v) is 3.72. The number of piperazine rings is 1. The van der Waals surface area contributed by atoms with Crippen LogP contribution in [0.5, 0.6) is 0 Å². The Morgan fingerprint density at radius 3 is 2.56 bits per heavy atom. The maximum Gasteiger partial charge on any atom is 0.257 e. The van der Waals surface area contributed by atoms with Gasteiger partial charge in [0.05, 0.1) is 5.56 Å². The molecule has 2 rings (SSSR count). The molecule has 5 nitrogen and oxygen atoms in total. The van der Waals surface area contributed by atoms with Gasteiger partial charge in [-0.3, -0.25) is 9.69 Å². The molecule has 2 atom stereocenters. The van der Waals surface area contributed by atoms with Crippen LogP contribution in [0.25, 0.3) is 0 Å². The molecule has 2 unspecified atom stereocenters. The van der Waals surface area contributed by atoms with Crippen LogP contribution in [-0.2, 0) is 0 Å². The van der Waals surface area contributed by atoms with E-state index in [-0.39, 0.29) is 5.91 Å². The summed E-state index contributed by atoms with van der Waals surface area (Å²) in [4.78, 5) is 20.5. The van der Waals surface area contributed by atoms with E-state index in [4.69, 9.17) is 5.73 Å². The Morgan fingerprint density at radius 2 is 2.00 bits per heavy atom. The molecule has 1 aliphatic rings. The van der Waals surface area contributed by atoms with E-state index >= 15 is 0 Å². The predicted molar refractivity (Wildman–Crippen MR) is 71.2 cm³/mol. The second kappa shape index (κ2) is 4.94. The van der Waals surface area contributed by atoms with Crippen LogP contribution in [0.15, 0.2) is 18.3 Å². The van der Waals surface area contributed by atoms with Gasteiger partial charge in [0, 0.05) is 31.4 Å². The number of hydrogen-bond donors (Lipinski definition) is 1. The first-order valence-electron chi connectivity index (χ1n) is 6.22. The lowest BCUT2D eigenvalue weighted by atomic mass is 10.1. The van der Waals surface area contributed by atoms with Crippen LogP contribution >= 0.6 is 0 Å². The number of aromatic nitrogens is 1. The maximum absolute atomic E-state index is 12.4. The molecule has 5 heteroatoms. The van der Waals surface area contributed by atoms with Crippen molar-refractivity contribution in [3.63, 3.8) is 0 Å². The Kier molecular flexibility index (Phi) is 3.52. The minimum Gasteiger partial charge on any atom is -0.383 e. The number of amides is 1. The summed E-state index contributed by atoms with van der Waals surface area (Å²) in [6, 6.07) is 4.19. The molecule has 0 spiro atoms. The van der Waals surface area contributed by atoms with E-state index in [1.165, 1.54) is 0 Å². The maximum atomic E-state index is 12.4. The SMILES string of the molecule is CC1CN(C(=O)c2cccnc2N)CC(C)N1C. The third-order valence-electron chi connectivity index (χ3n) is 3.72. The molecule has 0 saturated carbocycles. The van der Waals surface area contributed by atoms with E-state index in [1.54, 1.807) is 18.3 Å². The summed E-state index contributed by atoms with van der Waals surface area (Å²) in [7, 11) is 2.09. The van der Waals surface area contributed by atoms with Gasteiger partial charge in [0.1, 0.15) is 5.82 Å². The fourth-order valence-electron chi connectivity index (χ4n) is 2.34. The number of nitrogens with zero attached hydrogens (tertiary/aromatic N) is 3. The molecule has 1 amide bonds. The molecule has 98 valence electrons. The Labute approximate surface area is 108 Å². The minimum absolute atomic E-state index is 0.0209. The molecule has 0 radical (unpaired) electrons. The van der Waals surface area contributed by atoms with E-state index in [1.807, 2.05) is 4.90 Å². The molecule has 1 fully saturated rings. The summed E-state index contributed by atoms with van der Waals surface area (Å²) in [5.74, 6) is 0.286. The Balaban J connectivity index is 2.18. The van der Waals surface area contributed by atoms with Gasteiger partial charge in [0.25, 0.3) is 5.91 Å². The van der Waals surface area contributed by atoms with Gasteiger partial charge in [0.2, 0.25) is 0 Å². The molecule has 0 aliphatic carbocycles. The number of rotatable bonds is 1. The van der Waals surface area contributed by atoms with E-state index in [0.717, 1.165) is 13.1 Å². The molecule has 2 N–H and O–H groups in total. The van der Waals surface area contributed by atoms with Crippen molar-refractivity contribution >= 4 is 11.7 Å². The number of likely N-dealkylation sites (N-methyl/N-ethyl adjacent to an activating group) is 1. The summed E-state index contributed by atoms with van der Waals surface area (Å²) < 4.78 is 0. The fraction of sp³-hybridized carbons (Fsp3) is 0.538. The number of carbonyl (C=O) groups is 1. The lowest BCUT2D eigenvalue weighted by molar-refractivity contribution is 0.0415. The standard InChI is InChI=1S/C13H20N4O/c1-9-7-17(8-10(2)16(9)3)13(18)11-5-4-6-15-12(11)14/h4-6,9-10H,7-8H2,1-3H3,(H2,14,15). The van der Waals surface area contributed by atoms with Gasteiger partial charge in [-0.15, -0.1) is 0 Å². The number of anilines is 1. The Hall–Kier alpha value is -1.62. The van der Waals surface area contributed by atoms with Gasteiger partial charge >= 0.3 is 0 Å². The molecule has 2 heterocycles. The van der Waals surface area contributed by atoms with Crippen LogP contribution in [-0.4, -0.2) is 52.9 Å². The smallest absolute Gasteiger partial charge is 0.257 e. The average molecular weight is 248 g/mol. The Bertz CT molecular complexity index is 436. The molecular formula is C13H20N4O. The van der Waals surface area contributed by atoms with Crippen molar-refractivity contribution in [3.8, 4) is 0 Å². The first-order chi connectivity index (χ1) is 8.50. The normalized spacial score (nSPS) is 25.2. The number of pyridine rings is 1. The minimum atomic E-state index is -0.0209. The van der Waals surface area contributed by atoms with E-state index in [0.29, 0.717) is 23.5 Å². The monoisotopic (exact) mass is 248 g/mol. The number of nitrogen functional groups attached to an aromatic ring is 1. The summed E-state index contributed by atoms with van der Waals surface area (Å²) in [5.41, 5.74) is 6.26. The Morgan fingerprint density at radius 1 is 1.39 bits per heavy atom. The van der Waals surface area contributed by atoms with Crippen LogP contribution < -0.4 is 5.73 Å². The second-order valence-corrected chi connectivity index (χ2v) is 5.01. The zero-order valence-electron chi connectivity index (χ0n) is 11.1. The molecule has 0 aromatic carbocycles.